The highest BCUT2D eigenvalue weighted by atomic mass is 32.1. The predicted molar refractivity (Wildman–Crippen MR) is 236 cm³/mol. The minimum absolute atomic E-state index is 0.453. The molecule has 1 aliphatic carbocycles. The summed E-state index contributed by atoms with van der Waals surface area (Å²) < 4.78 is 9.04. The second-order valence-electron chi connectivity index (χ2n) is 14.8. The van der Waals surface area contributed by atoms with E-state index < -0.39 is 5.41 Å². The Balaban J connectivity index is 1.07. The molecule has 11 aromatic rings. The number of hydrogen-bond acceptors (Lipinski definition) is 3. The smallest absolute Gasteiger partial charge is 0.136 e. The van der Waals surface area contributed by atoms with E-state index in [4.69, 9.17) is 4.42 Å². The van der Waals surface area contributed by atoms with Gasteiger partial charge in [-0.2, -0.15) is 0 Å². The second-order valence-corrected chi connectivity index (χ2v) is 15.9. The monoisotopic (exact) mass is 731 g/mol. The molecule has 9 aromatic carbocycles. The highest BCUT2D eigenvalue weighted by Gasteiger charge is 2.45. The highest BCUT2D eigenvalue weighted by molar-refractivity contribution is 7.25. The van der Waals surface area contributed by atoms with E-state index in [9.17, 15) is 0 Å². The first-order chi connectivity index (χ1) is 27.7. The maximum Gasteiger partial charge on any atom is 0.136 e. The van der Waals surface area contributed by atoms with Crippen molar-refractivity contribution in [1.29, 1.82) is 0 Å². The Bertz CT molecular complexity index is 3270. The molecule has 0 atom stereocenters. The van der Waals surface area contributed by atoms with E-state index in [1.807, 2.05) is 11.3 Å². The Morgan fingerprint density at radius 1 is 0.375 bits per heavy atom. The van der Waals surface area contributed by atoms with E-state index >= 15 is 0 Å². The van der Waals surface area contributed by atoms with Gasteiger partial charge in [0.1, 0.15) is 11.2 Å². The molecule has 0 saturated carbocycles. The van der Waals surface area contributed by atoms with Crippen LogP contribution in [-0.2, 0) is 5.41 Å². The largest absolute Gasteiger partial charge is 0.456 e. The van der Waals surface area contributed by atoms with Crippen LogP contribution in [0.25, 0.3) is 64.0 Å². The first-order valence-corrected chi connectivity index (χ1v) is 20.0. The number of hydrogen-bond donors (Lipinski definition) is 0. The van der Waals surface area contributed by atoms with E-state index in [0.717, 1.165) is 39.0 Å². The topological polar surface area (TPSA) is 16.4 Å². The van der Waals surface area contributed by atoms with Crippen molar-refractivity contribution < 1.29 is 4.42 Å². The zero-order chi connectivity index (χ0) is 36.8. The number of furan rings is 1. The SMILES string of the molecule is c1ccc(C2(c3ccc(N(c4ccc5c(c4)sc4ccccc45)c4ccc5oc6cc7ccccc7cc6c5c4)cc3)c3ccccc3-c3ccccc32)cc1. The molecule has 12 rings (SSSR count). The molecule has 1 aliphatic rings. The third-order valence-electron chi connectivity index (χ3n) is 11.9. The minimum atomic E-state index is -0.453. The molecule has 0 aliphatic heterocycles. The predicted octanol–water partition coefficient (Wildman–Crippen LogP) is 14.9. The van der Waals surface area contributed by atoms with Crippen molar-refractivity contribution in [1.82, 2.24) is 0 Å². The fraction of sp³-hybridized carbons (Fsp3) is 0.0189. The lowest BCUT2D eigenvalue weighted by atomic mass is 9.68. The minimum Gasteiger partial charge on any atom is -0.456 e. The summed E-state index contributed by atoms with van der Waals surface area (Å²) in [6.07, 6.45) is 0. The molecule has 56 heavy (non-hydrogen) atoms. The first-order valence-electron chi connectivity index (χ1n) is 19.2. The number of fused-ring (bicyclic) bond motifs is 10. The van der Waals surface area contributed by atoms with Crippen molar-refractivity contribution in [2.24, 2.45) is 0 Å². The van der Waals surface area contributed by atoms with Crippen molar-refractivity contribution in [3.8, 4) is 11.1 Å². The van der Waals surface area contributed by atoms with Crippen LogP contribution in [0.15, 0.2) is 205 Å². The molecule has 262 valence electrons. The van der Waals surface area contributed by atoms with E-state index in [1.165, 1.54) is 64.3 Å². The fourth-order valence-corrected chi connectivity index (χ4v) is 10.6. The van der Waals surface area contributed by atoms with Gasteiger partial charge in [-0.3, -0.25) is 0 Å². The van der Waals surface area contributed by atoms with E-state index in [2.05, 4.69) is 205 Å². The van der Waals surface area contributed by atoms with Crippen LogP contribution >= 0.6 is 11.3 Å². The van der Waals surface area contributed by atoms with Crippen LogP contribution in [0.5, 0.6) is 0 Å². The van der Waals surface area contributed by atoms with Crippen molar-refractivity contribution in [2.75, 3.05) is 4.90 Å². The summed E-state index contributed by atoms with van der Waals surface area (Å²) in [6, 6.07) is 73.4. The van der Waals surface area contributed by atoms with Crippen molar-refractivity contribution in [3.63, 3.8) is 0 Å². The summed E-state index contributed by atoms with van der Waals surface area (Å²) in [4.78, 5) is 2.40. The molecule has 0 bridgehead atoms. The van der Waals surface area contributed by atoms with Gasteiger partial charge in [0.05, 0.1) is 5.41 Å². The van der Waals surface area contributed by atoms with Gasteiger partial charge < -0.3 is 9.32 Å². The molecule has 2 heterocycles. The van der Waals surface area contributed by atoms with Gasteiger partial charge in [-0.15, -0.1) is 11.3 Å². The maximum atomic E-state index is 6.46. The van der Waals surface area contributed by atoms with Crippen LogP contribution < -0.4 is 4.90 Å². The molecule has 2 aromatic heterocycles. The lowest BCUT2D eigenvalue weighted by molar-refractivity contribution is 0.669. The Kier molecular flexibility index (Phi) is 6.75. The van der Waals surface area contributed by atoms with Crippen LogP contribution in [0.4, 0.5) is 17.1 Å². The number of thiophene rings is 1. The van der Waals surface area contributed by atoms with Gasteiger partial charge in [-0.05, 0) is 105 Å². The average Bonchev–Trinajstić information content (AvgIpc) is 3.91. The number of rotatable bonds is 5. The highest BCUT2D eigenvalue weighted by Crippen LogP contribution is 2.56. The molecule has 0 N–H and O–H groups in total. The van der Waals surface area contributed by atoms with Crippen LogP contribution in [0.1, 0.15) is 22.3 Å². The standard InChI is InChI=1S/C53H33NOS/c1-2-14-36(15-3-1)53(47-19-9-6-16-41(47)42-17-7-10-20-48(42)53)37-22-24-38(25-23-37)54(40-26-28-44-43-18-8-11-21-51(43)56-52(44)33-40)39-27-29-49-46(32-39)45-30-34-12-4-5-13-35(34)31-50(45)55-49/h1-33H. The van der Waals surface area contributed by atoms with Crippen LogP contribution in [0, 0.1) is 0 Å². The van der Waals surface area contributed by atoms with Gasteiger partial charge in [0.15, 0.2) is 0 Å². The number of anilines is 3. The first kappa shape index (κ1) is 31.4. The fourth-order valence-electron chi connectivity index (χ4n) is 9.46. The van der Waals surface area contributed by atoms with Crippen LogP contribution in [0.2, 0.25) is 0 Å². The van der Waals surface area contributed by atoms with Crippen LogP contribution in [-0.4, -0.2) is 0 Å². The Labute approximate surface area is 328 Å². The van der Waals surface area contributed by atoms with Gasteiger partial charge in [-0.1, -0.05) is 140 Å². The maximum absolute atomic E-state index is 6.46. The van der Waals surface area contributed by atoms with Crippen molar-refractivity contribution in [3.05, 3.63) is 222 Å². The van der Waals surface area contributed by atoms with Crippen LogP contribution in [0.3, 0.4) is 0 Å². The quantitative estimate of drug-likeness (QED) is 0.175. The van der Waals surface area contributed by atoms with Crippen molar-refractivity contribution in [2.45, 2.75) is 5.41 Å². The van der Waals surface area contributed by atoms with Gasteiger partial charge in [0.2, 0.25) is 0 Å². The molecule has 2 nitrogen and oxygen atoms in total. The summed E-state index contributed by atoms with van der Waals surface area (Å²) in [7, 11) is 0. The molecule has 0 fully saturated rings. The zero-order valence-corrected chi connectivity index (χ0v) is 31.1. The van der Waals surface area contributed by atoms with Crippen molar-refractivity contribution >= 4 is 81.3 Å². The summed E-state index contributed by atoms with van der Waals surface area (Å²) in [5, 5.41) is 7.21. The third-order valence-corrected chi connectivity index (χ3v) is 13.1. The summed E-state index contributed by atoms with van der Waals surface area (Å²) >= 11 is 1.85. The summed E-state index contributed by atoms with van der Waals surface area (Å²) in [6.45, 7) is 0. The summed E-state index contributed by atoms with van der Waals surface area (Å²) in [5.41, 5.74) is 12.4. The molecular formula is C53H33NOS. The van der Waals surface area contributed by atoms with Gasteiger partial charge in [-0.25, -0.2) is 0 Å². The number of benzene rings is 9. The Morgan fingerprint density at radius 3 is 1.73 bits per heavy atom. The summed E-state index contributed by atoms with van der Waals surface area (Å²) in [5.74, 6) is 0. The average molecular weight is 732 g/mol. The third kappa shape index (κ3) is 4.49. The Hall–Kier alpha value is -6.94. The number of nitrogens with zero attached hydrogens (tertiary/aromatic N) is 1. The molecule has 0 radical (unpaired) electrons. The molecule has 3 heteroatoms. The molecule has 0 saturated heterocycles. The lowest BCUT2D eigenvalue weighted by Gasteiger charge is -2.34. The molecule has 0 spiro atoms. The zero-order valence-electron chi connectivity index (χ0n) is 30.3. The van der Waals surface area contributed by atoms with Gasteiger partial charge in [0.25, 0.3) is 0 Å². The van der Waals surface area contributed by atoms with Gasteiger partial charge in [0, 0.05) is 48.0 Å². The molecular weight excluding hydrogens is 699 g/mol. The lowest BCUT2D eigenvalue weighted by Crippen LogP contribution is -2.28. The Morgan fingerprint density at radius 2 is 0.946 bits per heavy atom. The second kappa shape index (κ2) is 12.0. The van der Waals surface area contributed by atoms with E-state index in [-0.39, 0.29) is 0 Å². The van der Waals surface area contributed by atoms with Gasteiger partial charge >= 0.3 is 0 Å². The van der Waals surface area contributed by atoms with E-state index in [1.54, 1.807) is 0 Å². The molecule has 0 unspecified atom stereocenters. The normalized spacial score (nSPS) is 13.1. The molecule has 0 amide bonds. The van der Waals surface area contributed by atoms with E-state index in [0.29, 0.717) is 0 Å².